The molecule has 0 saturated carbocycles. The molecular formula is C31H40O6. The summed E-state index contributed by atoms with van der Waals surface area (Å²) in [7, 11) is 1.66. The molecule has 3 rings (SSSR count). The summed E-state index contributed by atoms with van der Waals surface area (Å²) in [4.78, 5) is 4.07. The minimum Gasteiger partial charge on any atom is -0.491 e. The van der Waals surface area contributed by atoms with Gasteiger partial charge in [0.05, 0.1) is 6.61 Å². The van der Waals surface area contributed by atoms with Gasteiger partial charge in [0, 0.05) is 7.11 Å². The van der Waals surface area contributed by atoms with Gasteiger partial charge in [0.2, 0.25) is 0 Å². The molecule has 0 aromatic heterocycles. The van der Waals surface area contributed by atoms with Crippen LogP contribution in [0.4, 0.5) is 0 Å². The summed E-state index contributed by atoms with van der Waals surface area (Å²) in [5.41, 5.74) is 4.74. The van der Waals surface area contributed by atoms with Gasteiger partial charge in [-0.1, -0.05) is 62.9 Å². The minimum absolute atomic E-state index is 0.137. The topological polar surface area (TPSA) is 66.4 Å². The van der Waals surface area contributed by atoms with E-state index in [9.17, 15) is 0 Å². The van der Waals surface area contributed by atoms with Crippen LogP contribution in [0.1, 0.15) is 50.2 Å². The fraction of sp³-hybridized carbons (Fsp3) is 0.419. The van der Waals surface area contributed by atoms with Crippen LogP contribution in [0.3, 0.4) is 0 Å². The normalized spacial score (nSPS) is 10.9. The number of benzene rings is 3. The second-order valence-electron chi connectivity index (χ2n) is 8.96. The van der Waals surface area contributed by atoms with Crippen LogP contribution in [0.2, 0.25) is 0 Å². The average molecular weight is 509 g/mol. The molecule has 0 spiro atoms. The molecule has 0 radical (unpaired) electrons. The lowest BCUT2D eigenvalue weighted by Gasteiger charge is -2.14. The Morgan fingerprint density at radius 2 is 1.30 bits per heavy atom. The zero-order valence-electron chi connectivity index (χ0n) is 22.1. The van der Waals surface area contributed by atoms with Crippen molar-refractivity contribution in [3.63, 3.8) is 0 Å². The van der Waals surface area contributed by atoms with Crippen molar-refractivity contribution < 1.29 is 29.1 Å². The van der Waals surface area contributed by atoms with Gasteiger partial charge in [-0.25, -0.2) is 4.89 Å². The van der Waals surface area contributed by atoms with E-state index in [0.29, 0.717) is 26.4 Å². The summed E-state index contributed by atoms with van der Waals surface area (Å²) in [5, 5.41) is 8.46. The second-order valence-corrected chi connectivity index (χ2v) is 8.96. The number of ether oxygens (including phenoxy) is 4. The van der Waals surface area contributed by atoms with E-state index in [4.69, 9.17) is 24.2 Å². The second kappa shape index (κ2) is 16.6. The van der Waals surface area contributed by atoms with Crippen LogP contribution in [0.15, 0.2) is 66.7 Å². The Morgan fingerprint density at radius 1 is 0.649 bits per heavy atom. The van der Waals surface area contributed by atoms with E-state index in [1.54, 1.807) is 7.11 Å². The smallest absolute Gasteiger partial charge is 0.120 e. The Hall–Kier alpha value is -3.06. The highest BCUT2D eigenvalue weighted by Crippen LogP contribution is 2.31. The molecule has 6 heteroatoms. The summed E-state index contributed by atoms with van der Waals surface area (Å²) in [5.74, 6) is 2.45. The molecule has 3 aromatic carbocycles. The molecule has 0 bridgehead atoms. The van der Waals surface area contributed by atoms with Gasteiger partial charge in [0.15, 0.2) is 0 Å². The zero-order valence-corrected chi connectivity index (χ0v) is 22.1. The van der Waals surface area contributed by atoms with Gasteiger partial charge < -0.3 is 18.9 Å². The summed E-state index contributed by atoms with van der Waals surface area (Å²) in [6.07, 6.45) is 7.20. The number of aryl methyl sites for hydroxylation is 1. The Labute approximate surface area is 221 Å². The van der Waals surface area contributed by atoms with Crippen molar-refractivity contribution in [3.05, 3.63) is 77.9 Å². The minimum atomic E-state index is 0.137. The highest BCUT2D eigenvalue weighted by atomic mass is 17.1. The standard InChI is InChI=1S/C31H40O6/c1-3-4-5-6-7-8-27-23-30(36-24-25-9-13-28(14-10-25)34-20-19-33-2)17-18-31(27)26-11-15-29(16-12-26)35-21-22-37-32/h9-18,23,32H,3-8,19-22,24H2,1-2H3. The SMILES string of the molecule is CCCCCCCc1cc(OCc2ccc(OCCOC)cc2)ccc1-c1ccc(OCCOO)cc1. The third kappa shape index (κ3) is 10.1. The fourth-order valence-corrected chi connectivity index (χ4v) is 4.09. The molecule has 0 fully saturated rings. The average Bonchev–Trinajstić information content (AvgIpc) is 2.93. The fourth-order valence-electron chi connectivity index (χ4n) is 4.09. The van der Waals surface area contributed by atoms with E-state index >= 15 is 0 Å². The molecule has 200 valence electrons. The van der Waals surface area contributed by atoms with Gasteiger partial charge in [-0.05, 0) is 71.5 Å². The van der Waals surface area contributed by atoms with Crippen molar-refractivity contribution in [3.8, 4) is 28.4 Å². The monoisotopic (exact) mass is 508 g/mol. The quantitative estimate of drug-likeness (QED) is 0.110. The van der Waals surface area contributed by atoms with E-state index in [-0.39, 0.29) is 6.61 Å². The van der Waals surface area contributed by atoms with Crippen LogP contribution in [-0.4, -0.2) is 38.8 Å². The zero-order chi connectivity index (χ0) is 26.1. The van der Waals surface area contributed by atoms with Crippen LogP contribution in [0.25, 0.3) is 11.1 Å². The summed E-state index contributed by atoms with van der Waals surface area (Å²) in [6, 6.07) is 22.4. The number of hydrogen-bond donors (Lipinski definition) is 1. The van der Waals surface area contributed by atoms with Crippen molar-refractivity contribution >= 4 is 0 Å². The molecule has 0 aliphatic heterocycles. The molecule has 0 heterocycles. The lowest BCUT2D eigenvalue weighted by atomic mass is 9.95. The van der Waals surface area contributed by atoms with Gasteiger partial charge in [-0.15, -0.1) is 0 Å². The highest BCUT2D eigenvalue weighted by molar-refractivity contribution is 5.69. The van der Waals surface area contributed by atoms with Crippen molar-refractivity contribution in [2.24, 2.45) is 0 Å². The number of unbranched alkanes of at least 4 members (excludes halogenated alkanes) is 4. The molecule has 0 atom stereocenters. The molecule has 0 amide bonds. The predicted molar refractivity (Wildman–Crippen MR) is 147 cm³/mol. The van der Waals surface area contributed by atoms with Crippen molar-refractivity contribution in [2.45, 2.75) is 52.1 Å². The molecule has 0 aliphatic rings. The van der Waals surface area contributed by atoms with Gasteiger partial charge in [-0.3, -0.25) is 5.26 Å². The molecule has 3 aromatic rings. The number of rotatable bonds is 18. The van der Waals surface area contributed by atoms with Gasteiger partial charge in [0.1, 0.15) is 43.7 Å². The number of hydrogen-bond acceptors (Lipinski definition) is 6. The lowest BCUT2D eigenvalue weighted by molar-refractivity contribution is -0.245. The van der Waals surface area contributed by atoms with Crippen molar-refractivity contribution in [1.29, 1.82) is 0 Å². The maximum atomic E-state index is 8.46. The third-order valence-electron chi connectivity index (χ3n) is 6.12. The molecule has 0 aliphatic carbocycles. The van der Waals surface area contributed by atoms with E-state index in [1.807, 2.05) is 42.5 Å². The molecule has 1 N–H and O–H groups in total. The maximum Gasteiger partial charge on any atom is 0.120 e. The Morgan fingerprint density at radius 3 is 1.97 bits per heavy atom. The Balaban J connectivity index is 1.66. The van der Waals surface area contributed by atoms with E-state index in [2.05, 4.69) is 36.1 Å². The molecule has 6 nitrogen and oxygen atoms in total. The van der Waals surface area contributed by atoms with Crippen LogP contribution >= 0.6 is 0 Å². The highest BCUT2D eigenvalue weighted by Gasteiger charge is 2.09. The largest absolute Gasteiger partial charge is 0.491 e. The number of methoxy groups -OCH3 is 1. The van der Waals surface area contributed by atoms with Crippen molar-refractivity contribution in [2.75, 3.05) is 33.5 Å². The van der Waals surface area contributed by atoms with Gasteiger partial charge >= 0.3 is 0 Å². The van der Waals surface area contributed by atoms with E-state index < -0.39 is 0 Å². The van der Waals surface area contributed by atoms with E-state index in [1.165, 1.54) is 36.8 Å². The Kier molecular flexibility index (Phi) is 12.8. The molecule has 0 saturated heterocycles. The molecule has 37 heavy (non-hydrogen) atoms. The first-order valence-corrected chi connectivity index (χ1v) is 13.2. The summed E-state index contributed by atoms with van der Waals surface area (Å²) in [6.45, 7) is 4.28. The Bertz CT molecular complexity index is 1020. The predicted octanol–water partition coefficient (Wildman–Crippen LogP) is 7.34. The summed E-state index contributed by atoms with van der Waals surface area (Å²) >= 11 is 0. The molecule has 0 unspecified atom stereocenters. The first-order valence-electron chi connectivity index (χ1n) is 13.2. The van der Waals surface area contributed by atoms with E-state index in [0.717, 1.165) is 41.2 Å². The first-order chi connectivity index (χ1) is 18.2. The third-order valence-corrected chi connectivity index (χ3v) is 6.12. The lowest BCUT2D eigenvalue weighted by Crippen LogP contribution is -2.04. The van der Waals surface area contributed by atoms with Crippen LogP contribution in [0.5, 0.6) is 17.2 Å². The molecular weight excluding hydrogens is 468 g/mol. The van der Waals surface area contributed by atoms with Gasteiger partial charge in [-0.2, -0.15) is 0 Å². The van der Waals surface area contributed by atoms with Gasteiger partial charge in [0.25, 0.3) is 0 Å². The van der Waals surface area contributed by atoms with Crippen LogP contribution < -0.4 is 14.2 Å². The van der Waals surface area contributed by atoms with Crippen LogP contribution in [0, 0.1) is 0 Å². The van der Waals surface area contributed by atoms with Crippen LogP contribution in [-0.2, 0) is 22.7 Å². The first kappa shape index (κ1) is 28.5. The maximum absolute atomic E-state index is 8.46. The summed E-state index contributed by atoms with van der Waals surface area (Å²) < 4.78 is 22.4. The van der Waals surface area contributed by atoms with Crippen molar-refractivity contribution in [1.82, 2.24) is 0 Å².